The molecule has 0 radical (unpaired) electrons. The molecule has 10 heteroatoms. The molecule has 0 unspecified atom stereocenters. The van der Waals surface area contributed by atoms with Gasteiger partial charge in [0.15, 0.2) is 4.90 Å². The highest BCUT2D eigenvalue weighted by atomic mass is 32.2. The highest BCUT2D eigenvalue weighted by Crippen LogP contribution is 2.28. The molecule has 0 bridgehead atoms. The van der Waals surface area contributed by atoms with Gasteiger partial charge in [-0.1, -0.05) is 24.3 Å². The molecule has 28 heavy (non-hydrogen) atoms. The summed E-state index contributed by atoms with van der Waals surface area (Å²) in [7, 11) is -4.15. The highest BCUT2D eigenvalue weighted by Gasteiger charge is 2.36. The number of benzene rings is 1. The molecule has 1 atom stereocenters. The van der Waals surface area contributed by atoms with Gasteiger partial charge in [-0.15, -0.1) is 0 Å². The van der Waals surface area contributed by atoms with Crippen molar-refractivity contribution in [3.05, 3.63) is 46.5 Å². The lowest BCUT2D eigenvalue weighted by Gasteiger charge is -2.34. The molecule has 0 spiro atoms. The molecule has 1 amide bonds. The van der Waals surface area contributed by atoms with Gasteiger partial charge >= 0.3 is 6.09 Å². The first-order chi connectivity index (χ1) is 12.9. The number of hydrogen-bond acceptors (Lipinski definition) is 6. The second-order valence-corrected chi connectivity index (χ2v) is 9.36. The van der Waals surface area contributed by atoms with Crippen molar-refractivity contribution in [3.63, 3.8) is 0 Å². The number of nitro groups is 1. The average Bonchev–Trinajstić information content (AvgIpc) is 2.56. The fourth-order valence-corrected chi connectivity index (χ4v) is 4.54. The molecule has 154 valence electrons. The number of ether oxygens (including phenoxy) is 1. The van der Waals surface area contributed by atoms with E-state index in [0.29, 0.717) is 6.54 Å². The topological polar surface area (TPSA) is 110 Å². The Labute approximate surface area is 164 Å². The van der Waals surface area contributed by atoms with E-state index in [0.717, 1.165) is 10.4 Å². The van der Waals surface area contributed by atoms with Crippen LogP contribution in [0.3, 0.4) is 0 Å². The van der Waals surface area contributed by atoms with E-state index in [1.165, 1.54) is 23.1 Å². The van der Waals surface area contributed by atoms with Gasteiger partial charge in [0.2, 0.25) is 10.0 Å². The molecule has 1 aromatic carbocycles. The van der Waals surface area contributed by atoms with Crippen molar-refractivity contribution in [2.75, 3.05) is 19.6 Å². The van der Waals surface area contributed by atoms with E-state index in [9.17, 15) is 23.3 Å². The number of rotatable bonds is 3. The van der Waals surface area contributed by atoms with E-state index in [1.54, 1.807) is 39.8 Å². The van der Waals surface area contributed by atoms with Gasteiger partial charge in [-0.3, -0.25) is 10.1 Å². The van der Waals surface area contributed by atoms with Crippen LogP contribution in [-0.4, -0.2) is 59.9 Å². The van der Waals surface area contributed by atoms with Crippen LogP contribution in [0.25, 0.3) is 0 Å². The van der Waals surface area contributed by atoms with Crippen LogP contribution in [0.1, 0.15) is 27.7 Å². The number of amides is 1. The van der Waals surface area contributed by atoms with Gasteiger partial charge in [0.05, 0.1) is 4.92 Å². The minimum absolute atomic E-state index is 0.0533. The minimum Gasteiger partial charge on any atom is -0.444 e. The smallest absolute Gasteiger partial charge is 0.410 e. The Balaban J connectivity index is 2.34. The number of para-hydroxylation sites is 1. The lowest BCUT2D eigenvalue weighted by molar-refractivity contribution is -0.387. The summed E-state index contributed by atoms with van der Waals surface area (Å²) < 4.78 is 32.8. The maximum Gasteiger partial charge on any atom is 0.410 e. The Kier molecular flexibility index (Phi) is 6.45. The molecular formula is C18H25N3O6S. The van der Waals surface area contributed by atoms with Crippen LogP contribution >= 0.6 is 0 Å². The third kappa shape index (κ3) is 5.08. The van der Waals surface area contributed by atoms with Crippen molar-refractivity contribution in [1.82, 2.24) is 9.21 Å². The van der Waals surface area contributed by atoms with E-state index in [1.807, 2.05) is 0 Å². The van der Waals surface area contributed by atoms with Crippen LogP contribution in [-0.2, 0) is 14.8 Å². The Hall–Kier alpha value is -2.46. The van der Waals surface area contributed by atoms with Crippen molar-refractivity contribution >= 4 is 21.8 Å². The highest BCUT2D eigenvalue weighted by molar-refractivity contribution is 7.89. The van der Waals surface area contributed by atoms with E-state index in [4.69, 9.17) is 4.74 Å². The normalized spacial score (nSPS) is 20.1. The lowest BCUT2D eigenvalue weighted by Crippen LogP contribution is -2.49. The van der Waals surface area contributed by atoms with Crippen LogP contribution in [0.5, 0.6) is 0 Å². The van der Waals surface area contributed by atoms with Crippen molar-refractivity contribution in [2.24, 2.45) is 0 Å². The number of nitrogens with zero attached hydrogens (tertiary/aromatic N) is 3. The summed E-state index contributed by atoms with van der Waals surface area (Å²) in [6, 6.07) is 4.62. The number of sulfonamides is 1. The quantitative estimate of drug-likeness (QED) is 0.430. The molecule has 0 aliphatic carbocycles. The summed E-state index contributed by atoms with van der Waals surface area (Å²) >= 11 is 0. The predicted molar refractivity (Wildman–Crippen MR) is 103 cm³/mol. The van der Waals surface area contributed by atoms with E-state index in [-0.39, 0.29) is 18.0 Å². The van der Waals surface area contributed by atoms with Crippen molar-refractivity contribution < 1.29 is 22.9 Å². The third-order valence-electron chi connectivity index (χ3n) is 4.05. The van der Waals surface area contributed by atoms with Gasteiger partial charge in [-0.2, -0.15) is 4.31 Å². The second-order valence-electron chi connectivity index (χ2n) is 7.51. The predicted octanol–water partition coefficient (Wildman–Crippen LogP) is 2.78. The van der Waals surface area contributed by atoms with Crippen molar-refractivity contribution in [3.8, 4) is 0 Å². The largest absolute Gasteiger partial charge is 0.444 e. The monoisotopic (exact) mass is 411 g/mol. The zero-order chi connectivity index (χ0) is 21.1. The first-order valence-corrected chi connectivity index (χ1v) is 10.3. The summed E-state index contributed by atoms with van der Waals surface area (Å²) in [6.45, 7) is 7.34. The lowest BCUT2D eigenvalue weighted by atomic mass is 10.2. The summed E-state index contributed by atoms with van der Waals surface area (Å²) in [5, 5.41) is 11.3. The Morgan fingerprint density at radius 2 is 1.82 bits per heavy atom. The van der Waals surface area contributed by atoms with Crippen LogP contribution < -0.4 is 0 Å². The molecule has 1 aliphatic rings. The summed E-state index contributed by atoms with van der Waals surface area (Å²) in [5.74, 6) is 0. The molecule has 0 fully saturated rings. The number of carbonyl (C=O) groups is 1. The fourth-order valence-electron chi connectivity index (χ4n) is 2.81. The average molecular weight is 411 g/mol. The summed E-state index contributed by atoms with van der Waals surface area (Å²) in [5.41, 5.74) is -1.16. The van der Waals surface area contributed by atoms with Gasteiger partial charge in [0.1, 0.15) is 5.60 Å². The second kappa shape index (κ2) is 8.27. The molecule has 1 aromatic rings. The van der Waals surface area contributed by atoms with Gasteiger partial charge < -0.3 is 9.64 Å². The Morgan fingerprint density at radius 1 is 1.21 bits per heavy atom. The Morgan fingerprint density at radius 3 is 2.43 bits per heavy atom. The van der Waals surface area contributed by atoms with E-state index >= 15 is 0 Å². The molecule has 0 aromatic heterocycles. The van der Waals surface area contributed by atoms with Crippen LogP contribution in [0.15, 0.2) is 41.3 Å². The Bertz CT molecular complexity index is 876. The zero-order valence-corrected chi connectivity index (χ0v) is 17.2. The molecule has 9 nitrogen and oxygen atoms in total. The third-order valence-corrected chi connectivity index (χ3v) is 6.08. The van der Waals surface area contributed by atoms with E-state index in [2.05, 4.69) is 0 Å². The van der Waals surface area contributed by atoms with Crippen molar-refractivity contribution in [2.45, 2.75) is 44.2 Å². The van der Waals surface area contributed by atoms with Gasteiger partial charge in [0.25, 0.3) is 5.69 Å². The van der Waals surface area contributed by atoms with E-state index < -0.39 is 38.4 Å². The maximum atomic E-state index is 13.1. The standard InChI is InChI=1S/C18H25N3O6S/c1-14-13-19(17(22)27-18(2,3)4)11-7-8-12-20(14)28(25,26)16-10-6-5-9-15(16)21(23)24/h5-10,14H,11-13H2,1-4H3/b8-7-/t14-/m1/s1. The van der Waals surface area contributed by atoms with Crippen LogP contribution in [0, 0.1) is 10.1 Å². The molecule has 0 N–H and O–H groups in total. The SMILES string of the molecule is C[C@@H]1CN(C(=O)OC(C)(C)C)C/C=C\CN1S(=O)(=O)c1ccccc1[N+](=O)[O-]. The first kappa shape index (κ1) is 21.8. The van der Waals surface area contributed by atoms with Gasteiger partial charge in [0, 0.05) is 31.7 Å². The first-order valence-electron chi connectivity index (χ1n) is 8.81. The molecule has 1 heterocycles. The molecule has 0 saturated heterocycles. The fraction of sp³-hybridized carbons (Fsp3) is 0.500. The molecule has 0 saturated carbocycles. The van der Waals surface area contributed by atoms with Crippen molar-refractivity contribution in [1.29, 1.82) is 0 Å². The molecule has 2 rings (SSSR count). The minimum atomic E-state index is -4.15. The molecule has 1 aliphatic heterocycles. The van der Waals surface area contributed by atoms with Crippen LogP contribution in [0.2, 0.25) is 0 Å². The van der Waals surface area contributed by atoms with Gasteiger partial charge in [-0.25, -0.2) is 13.2 Å². The number of carbonyl (C=O) groups excluding carboxylic acids is 1. The zero-order valence-electron chi connectivity index (χ0n) is 16.4. The maximum absolute atomic E-state index is 13.1. The van der Waals surface area contributed by atoms with Crippen LogP contribution in [0.4, 0.5) is 10.5 Å². The molecular weight excluding hydrogens is 386 g/mol. The summed E-state index contributed by atoms with van der Waals surface area (Å²) in [4.78, 5) is 24.0. The summed E-state index contributed by atoms with van der Waals surface area (Å²) in [6.07, 6.45) is 2.76. The number of hydrogen-bond donors (Lipinski definition) is 0. The van der Waals surface area contributed by atoms with Gasteiger partial charge in [-0.05, 0) is 33.8 Å². The number of nitro benzene ring substituents is 1.